The quantitative estimate of drug-likeness (QED) is 0.668. The fraction of sp³-hybridized carbons (Fsp3) is 0.900. The molecule has 0 aliphatic rings. The summed E-state index contributed by atoms with van der Waals surface area (Å²) < 4.78 is 0. The van der Waals surface area contributed by atoms with Gasteiger partial charge in [-0.05, 0) is 11.8 Å². The van der Waals surface area contributed by atoms with Crippen LogP contribution in [0.15, 0.2) is 0 Å². The largest absolute Gasteiger partial charge is 0.481 e. The number of carboxylic acids is 1. The Bertz CT molecular complexity index is 132. The van der Waals surface area contributed by atoms with Crippen LogP contribution in [0.3, 0.4) is 0 Å². The van der Waals surface area contributed by atoms with Gasteiger partial charge in [0.25, 0.3) is 0 Å². The van der Waals surface area contributed by atoms with Crippen molar-refractivity contribution in [2.24, 2.45) is 11.8 Å². The smallest absolute Gasteiger partial charge is 0.303 e. The summed E-state index contributed by atoms with van der Waals surface area (Å²) in [5, 5.41) is 8.56. The molecule has 2 heteroatoms. The Hall–Kier alpha value is -0.530. The first-order chi connectivity index (χ1) is 5.57. The molecule has 0 amide bonds. The Morgan fingerprint density at radius 3 is 2.33 bits per heavy atom. The standard InChI is InChI=1S/C10H20O2/c1-4-5-6-8(2)9(3)7-10(11)12/h8-9H,4-7H2,1-3H3,(H,11,12). The highest BCUT2D eigenvalue weighted by Crippen LogP contribution is 2.20. The monoisotopic (exact) mass is 172 g/mol. The van der Waals surface area contributed by atoms with Crippen molar-refractivity contribution in [3.63, 3.8) is 0 Å². The first-order valence-electron chi connectivity index (χ1n) is 4.79. The van der Waals surface area contributed by atoms with Gasteiger partial charge >= 0.3 is 5.97 Å². The van der Waals surface area contributed by atoms with Crippen molar-refractivity contribution in [2.45, 2.75) is 46.5 Å². The number of aliphatic carboxylic acids is 1. The lowest BCUT2D eigenvalue weighted by Crippen LogP contribution is -2.12. The molecule has 0 radical (unpaired) electrons. The molecule has 0 aliphatic heterocycles. The molecule has 2 unspecified atom stereocenters. The van der Waals surface area contributed by atoms with Crippen LogP contribution in [0, 0.1) is 11.8 Å². The molecule has 0 fully saturated rings. The lowest BCUT2D eigenvalue weighted by atomic mass is 9.89. The van der Waals surface area contributed by atoms with E-state index in [-0.39, 0.29) is 0 Å². The summed E-state index contributed by atoms with van der Waals surface area (Å²) >= 11 is 0. The van der Waals surface area contributed by atoms with Crippen LogP contribution in [0.4, 0.5) is 0 Å². The van der Waals surface area contributed by atoms with Crippen LogP contribution in [-0.4, -0.2) is 11.1 Å². The van der Waals surface area contributed by atoms with E-state index in [1.54, 1.807) is 0 Å². The predicted octanol–water partition coefficient (Wildman–Crippen LogP) is 2.92. The Balaban J connectivity index is 3.60. The average Bonchev–Trinajstić information content (AvgIpc) is 1.98. The lowest BCUT2D eigenvalue weighted by molar-refractivity contribution is -0.138. The maximum Gasteiger partial charge on any atom is 0.303 e. The molecule has 0 aliphatic carbocycles. The normalized spacial score (nSPS) is 15.6. The van der Waals surface area contributed by atoms with Gasteiger partial charge in [-0.1, -0.05) is 40.0 Å². The maximum absolute atomic E-state index is 10.4. The molecule has 0 spiro atoms. The number of hydrogen-bond donors (Lipinski definition) is 1. The van der Waals surface area contributed by atoms with Crippen LogP contribution in [0.2, 0.25) is 0 Å². The van der Waals surface area contributed by atoms with Gasteiger partial charge in [0.05, 0.1) is 0 Å². The van der Waals surface area contributed by atoms with Gasteiger partial charge in [-0.3, -0.25) is 4.79 Å². The molecule has 0 saturated heterocycles. The van der Waals surface area contributed by atoms with E-state index in [4.69, 9.17) is 5.11 Å². The second kappa shape index (κ2) is 6.04. The molecular formula is C10H20O2. The second-order valence-electron chi connectivity index (χ2n) is 3.69. The predicted molar refractivity (Wildman–Crippen MR) is 50.1 cm³/mol. The van der Waals surface area contributed by atoms with Crippen molar-refractivity contribution in [1.29, 1.82) is 0 Å². The summed E-state index contributed by atoms with van der Waals surface area (Å²) in [6.45, 7) is 6.33. The van der Waals surface area contributed by atoms with Crippen LogP contribution < -0.4 is 0 Å². The zero-order valence-corrected chi connectivity index (χ0v) is 8.34. The minimum Gasteiger partial charge on any atom is -0.481 e. The van der Waals surface area contributed by atoms with Crippen molar-refractivity contribution >= 4 is 5.97 Å². The minimum absolute atomic E-state index is 0.310. The van der Waals surface area contributed by atoms with Crippen LogP contribution in [0.1, 0.15) is 46.5 Å². The average molecular weight is 172 g/mol. The number of carbonyl (C=O) groups is 1. The Morgan fingerprint density at radius 2 is 1.92 bits per heavy atom. The Labute approximate surface area is 75.0 Å². The maximum atomic E-state index is 10.4. The van der Waals surface area contributed by atoms with E-state index in [2.05, 4.69) is 13.8 Å². The zero-order chi connectivity index (χ0) is 9.56. The zero-order valence-electron chi connectivity index (χ0n) is 8.34. The van der Waals surface area contributed by atoms with E-state index >= 15 is 0 Å². The first kappa shape index (κ1) is 11.5. The summed E-state index contributed by atoms with van der Waals surface area (Å²) in [5.41, 5.74) is 0. The van der Waals surface area contributed by atoms with Crippen molar-refractivity contribution < 1.29 is 9.90 Å². The molecule has 0 rings (SSSR count). The van der Waals surface area contributed by atoms with Crippen molar-refractivity contribution in [1.82, 2.24) is 0 Å². The van der Waals surface area contributed by atoms with Crippen molar-refractivity contribution in [3.05, 3.63) is 0 Å². The molecule has 72 valence electrons. The van der Waals surface area contributed by atoms with E-state index in [9.17, 15) is 4.79 Å². The van der Waals surface area contributed by atoms with Gasteiger partial charge in [-0.15, -0.1) is 0 Å². The number of rotatable bonds is 6. The lowest BCUT2D eigenvalue weighted by Gasteiger charge is -2.17. The number of hydrogen-bond acceptors (Lipinski definition) is 1. The summed E-state index contributed by atoms with van der Waals surface area (Å²) in [4.78, 5) is 10.4. The van der Waals surface area contributed by atoms with E-state index in [0.29, 0.717) is 18.3 Å². The van der Waals surface area contributed by atoms with E-state index in [0.717, 1.165) is 6.42 Å². The molecule has 0 aromatic carbocycles. The molecule has 0 aromatic heterocycles. The van der Waals surface area contributed by atoms with Gasteiger partial charge in [0.2, 0.25) is 0 Å². The first-order valence-corrected chi connectivity index (χ1v) is 4.79. The van der Waals surface area contributed by atoms with Gasteiger partial charge in [0.15, 0.2) is 0 Å². The highest BCUT2D eigenvalue weighted by molar-refractivity contribution is 5.66. The van der Waals surface area contributed by atoms with Gasteiger partial charge in [0, 0.05) is 6.42 Å². The van der Waals surface area contributed by atoms with Gasteiger partial charge < -0.3 is 5.11 Å². The molecule has 0 saturated carbocycles. The molecule has 12 heavy (non-hydrogen) atoms. The fourth-order valence-corrected chi connectivity index (χ4v) is 1.29. The Morgan fingerprint density at radius 1 is 1.33 bits per heavy atom. The summed E-state index contributed by atoms with van der Waals surface area (Å²) in [6.07, 6.45) is 3.88. The van der Waals surface area contributed by atoms with E-state index in [1.807, 2.05) is 6.92 Å². The Kier molecular flexibility index (Phi) is 5.77. The van der Waals surface area contributed by atoms with Gasteiger partial charge in [-0.25, -0.2) is 0 Å². The number of carboxylic acid groups (broad SMARTS) is 1. The van der Waals surface area contributed by atoms with Crippen LogP contribution in [0.5, 0.6) is 0 Å². The van der Waals surface area contributed by atoms with Gasteiger partial charge in [-0.2, -0.15) is 0 Å². The highest BCUT2D eigenvalue weighted by atomic mass is 16.4. The summed E-state index contributed by atoms with van der Waals surface area (Å²) in [6, 6.07) is 0. The van der Waals surface area contributed by atoms with Crippen LogP contribution in [-0.2, 0) is 4.79 Å². The summed E-state index contributed by atoms with van der Waals surface area (Å²) in [5.74, 6) is 0.181. The van der Waals surface area contributed by atoms with Crippen LogP contribution in [0.25, 0.3) is 0 Å². The minimum atomic E-state index is -0.675. The molecule has 0 bridgehead atoms. The highest BCUT2D eigenvalue weighted by Gasteiger charge is 2.14. The van der Waals surface area contributed by atoms with E-state index in [1.165, 1.54) is 12.8 Å². The molecule has 0 aromatic rings. The van der Waals surface area contributed by atoms with Crippen molar-refractivity contribution in [2.75, 3.05) is 0 Å². The second-order valence-corrected chi connectivity index (χ2v) is 3.69. The third-order valence-electron chi connectivity index (χ3n) is 2.48. The fourth-order valence-electron chi connectivity index (χ4n) is 1.29. The summed E-state index contributed by atoms with van der Waals surface area (Å²) in [7, 11) is 0. The molecule has 1 N–H and O–H groups in total. The molecule has 2 atom stereocenters. The molecular weight excluding hydrogens is 152 g/mol. The van der Waals surface area contributed by atoms with E-state index < -0.39 is 5.97 Å². The third-order valence-corrected chi connectivity index (χ3v) is 2.48. The van der Waals surface area contributed by atoms with Gasteiger partial charge in [0.1, 0.15) is 0 Å². The molecule has 0 heterocycles. The topological polar surface area (TPSA) is 37.3 Å². The third kappa shape index (κ3) is 5.16. The SMILES string of the molecule is CCCCC(C)C(C)CC(=O)O. The van der Waals surface area contributed by atoms with Crippen molar-refractivity contribution in [3.8, 4) is 0 Å². The number of unbranched alkanes of at least 4 members (excludes halogenated alkanes) is 1. The van der Waals surface area contributed by atoms with Crippen LogP contribution >= 0.6 is 0 Å². The molecule has 2 nitrogen and oxygen atoms in total.